The van der Waals surface area contributed by atoms with Gasteiger partial charge in [-0.2, -0.15) is 0 Å². The lowest BCUT2D eigenvalue weighted by Gasteiger charge is -2.43. The molecule has 1 fully saturated rings. The molecule has 4 rings (SSSR count). The fourth-order valence-electron chi connectivity index (χ4n) is 7.75. The van der Waals surface area contributed by atoms with E-state index in [2.05, 4.69) is 140 Å². The predicted octanol–water partition coefficient (Wildman–Crippen LogP) is 11.2. The number of ether oxygens (including phenoxy) is 2. The molecule has 4 nitrogen and oxygen atoms in total. The summed E-state index contributed by atoms with van der Waals surface area (Å²) in [4.78, 5) is 0. The first-order valence-corrected chi connectivity index (χ1v) is 23.9. The van der Waals surface area contributed by atoms with Crippen molar-refractivity contribution in [2.45, 2.75) is 121 Å². The third-order valence-electron chi connectivity index (χ3n) is 10.9. The number of hydrogen-bond donors (Lipinski definition) is 1. The Morgan fingerprint density at radius 3 is 2.04 bits per heavy atom. The number of benzene rings is 3. The Balaban J connectivity index is 1.55. The number of hydrogen-bond acceptors (Lipinski definition) is 6. The lowest BCUT2D eigenvalue weighted by atomic mass is 9.88. The first kappa shape index (κ1) is 44.5. The van der Waals surface area contributed by atoms with Crippen molar-refractivity contribution in [3.63, 3.8) is 0 Å². The van der Waals surface area contributed by atoms with E-state index in [-0.39, 0.29) is 9.12 Å². The molecular formula is C47H68O4S2Si. The van der Waals surface area contributed by atoms with Crippen LogP contribution in [0.1, 0.15) is 99.0 Å². The quantitative estimate of drug-likeness (QED) is 0.0659. The summed E-state index contributed by atoms with van der Waals surface area (Å²) in [5.41, 5.74) is 1.78. The van der Waals surface area contributed by atoms with Crippen molar-refractivity contribution in [1.82, 2.24) is 0 Å². The Kier molecular flexibility index (Phi) is 17.1. The minimum absolute atomic E-state index is 0.0870. The molecule has 1 heterocycles. The highest BCUT2D eigenvalue weighted by Crippen LogP contribution is 2.48. The Labute approximate surface area is 338 Å². The van der Waals surface area contributed by atoms with Crippen molar-refractivity contribution < 1.29 is 19.0 Å². The van der Waals surface area contributed by atoms with Gasteiger partial charge in [-0.3, -0.25) is 0 Å². The molecule has 0 unspecified atom stereocenters. The van der Waals surface area contributed by atoms with Gasteiger partial charge in [0.05, 0.1) is 29.5 Å². The van der Waals surface area contributed by atoms with Crippen molar-refractivity contribution in [1.29, 1.82) is 0 Å². The Bertz CT molecular complexity index is 1530. The topological polar surface area (TPSA) is 47.9 Å². The number of aliphatic hydroxyl groups is 1. The highest BCUT2D eigenvalue weighted by atomic mass is 32.2. The molecule has 3 atom stereocenters. The van der Waals surface area contributed by atoms with Gasteiger partial charge in [-0.1, -0.05) is 125 Å². The third-order valence-corrected chi connectivity index (χ3v) is 19.2. The van der Waals surface area contributed by atoms with E-state index in [1.165, 1.54) is 22.4 Å². The number of allylic oxidation sites excluding steroid dienone is 2. The summed E-state index contributed by atoms with van der Waals surface area (Å²) in [5, 5.41) is 14.5. The van der Waals surface area contributed by atoms with Crippen molar-refractivity contribution in [3.05, 3.63) is 115 Å². The molecule has 1 N–H and O–H groups in total. The van der Waals surface area contributed by atoms with Gasteiger partial charge in [-0.05, 0) is 102 Å². The van der Waals surface area contributed by atoms with Crippen LogP contribution >= 0.6 is 23.5 Å². The molecule has 0 bridgehead atoms. The van der Waals surface area contributed by atoms with Crippen molar-refractivity contribution in [3.8, 4) is 5.75 Å². The minimum Gasteiger partial charge on any atom is -0.497 e. The minimum atomic E-state index is -2.66. The summed E-state index contributed by atoms with van der Waals surface area (Å²) < 4.78 is 19.4. The number of aliphatic hydroxyl groups excluding tert-OH is 1. The summed E-state index contributed by atoms with van der Waals surface area (Å²) in [5.74, 6) is 4.12. The zero-order chi connectivity index (χ0) is 39.2. The first-order chi connectivity index (χ1) is 25.7. The maximum Gasteiger partial charge on any atom is 0.261 e. The number of rotatable bonds is 21. The molecule has 296 valence electrons. The largest absolute Gasteiger partial charge is 0.497 e. The van der Waals surface area contributed by atoms with Gasteiger partial charge in [-0.25, -0.2) is 0 Å². The molecule has 0 saturated carbocycles. The van der Waals surface area contributed by atoms with Crippen LogP contribution in [0.4, 0.5) is 0 Å². The van der Waals surface area contributed by atoms with Crippen LogP contribution < -0.4 is 15.1 Å². The second-order valence-corrected chi connectivity index (χ2v) is 24.3. The highest BCUT2D eigenvalue weighted by Gasteiger charge is 2.50. The van der Waals surface area contributed by atoms with Gasteiger partial charge in [0.25, 0.3) is 8.32 Å². The van der Waals surface area contributed by atoms with Crippen molar-refractivity contribution in [2.24, 2.45) is 11.8 Å². The molecule has 3 aromatic carbocycles. The van der Waals surface area contributed by atoms with Crippen molar-refractivity contribution in [2.75, 3.05) is 25.2 Å². The van der Waals surface area contributed by atoms with Crippen LogP contribution in [0.25, 0.3) is 0 Å². The molecule has 1 aliphatic rings. The second-order valence-electron chi connectivity index (χ2n) is 16.9. The Morgan fingerprint density at radius 2 is 1.52 bits per heavy atom. The van der Waals surface area contributed by atoms with Crippen LogP contribution in [0, 0.1) is 11.8 Å². The van der Waals surface area contributed by atoms with Gasteiger partial charge in [0.1, 0.15) is 5.75 Å². The van der Waals surface area contributed by atoms with Crippen LogP contribution in [-0.4, -0.2) is 54.4 Å². The van der Waals surface area contributed by atoms with Gasteiger partial charge >= 0.3 is 0 Å². The van der Waals surface area contributed by atoms with Gasteiger partial charge in [0.2, 0.25) is 0 Å². The average Bonchev–Trinajstić information content (AvgIpc) is 3.14. The van der Waals surface area contributed by atoms with Gasteiger partial charge < -0.3 is 19.0 Å². The molecule has 1 saturated heterocycles. The zero-order valence-corrected chi connectivity index (χ0v) is 37.1. The molecule has 0 amide bonds. The van der Waals surface area contributed by atoms with E-state index in [0.29, 0.717) is 37.9 Å². The molecule has 54 heavy (non-hydrogen) atoms. The molecule has 0 spiro atoms. The monoisotopic (exact) mass is 788 g/mol. The summed E-state index contributed by atoms with van der Waals surface area (Å²) in [6.07, 6.45) is 10.6. The van der Waals surface area contributed by atoms with E-state index in [0.717, 1.165) is 48.5 Å². The van der Waals surface area contributed by atoms with Crippen LogP contribution in [0.2, 0.25) is 5.04 Å². The fourth-order valence-corrected chi connectivity index (χ4v) is 15.6. The van der Waals surface area contributed by atoms with Gasteiger partial charge in [-0.15, -0.1) is 30.1 Å². The maximum atomic E-state index is 12.0. The summed E-state index contributed by atoms with van der Waals surface area (Å²) >= 11 is 4.02. The Hall–Kier alpha value is -2.26. The molecule has 0 radical (unpaired) electrons. The molecule has 0 aromatic heterocycles. The van der Waals surface area contributed by atoms with Crippen LogP contribution in [0.15, 0.2) is 109 Å². The summed E-state index contributed by atoms with van der Waals surface area (Å²) in [6, 6.07) is 29.8. The molecule has 1 aliphatic heterocycles. The van der Waals surface area contributed by atoms with E-state index in [1.54, 1.807) is 7.11 Å². The van der Waals surface area contributed by atoms with Gasteiger partial charge in [0.15, 0.2) is 0 Å². The van der Waals surface area contributed by atoms with Crippen LogP contribution in [-0.2, 0) is 15.8 Å². The normalized spacial score (nSPS) is 17.3. The lowest BCUT2D eigenvalue weighted by molar-refractivity contribution is -0.0798. The molecule has 3 aromatic rings. The van der Waals surface area contributed by atoms with Crippen molar-refractivity contribution >= 4 is 42.2 Å². The molecule has 7 heteroatoms. The lowest BCUT2D eigenvalue weighted by Crippen LogP contribution is -2.66. The summed E-state index contributed by atoms with van der Waals surface area (Å²) in [7, 11) is -0.967. The number of thioether (sulfide) groups is 2. The van der Waals surface area contributed by atoms with Crippen LogP contribution in [0.3, 0.4) is 0 Å². The highest BCUT2D eigenvalue weighted by molar-refractivity contribution is 8.19. The Morgan fingerprint density at radius 1 is 0.926 bits per heavy atom. The van der Waals surface area contributed by atoms with E-state index >= 15 is 0 Å². The van der Waals surface area contributed by atoms with E-state index < -0.39 is 20.0 Å². The predicted molar refractivity (Wildman–Crippen MR) is 238 cm³/mol. The average molecular weight is 789 g/mol. The van der Waals surface area contributed by atoms with Crippen LogP contribution in [0.5, 0.6) is 5.75 Å². The zero-order valence-electron chi connectivity index (χ0n) is 34.4. The van der Waals surface area contributed by atoms with E-state index in [4.69, 9.17) is 13.9 Å². The number of methoxy groups -OCH3 is 1. The first-order valence-electron chi connectivity index (χ1n) is 20.0. The molecule has 0 aliphatic carbocycles. The molecular weight excluding hydrogens is 721 g/mol. The maximum absolute atomic E-state index is 12.0. The standard InChI is InChI=1S/C47H68O4S2Si/c1-37(2)22-25-40(38(3)4)28-30-47(52-32-17-33-53-47)35-41(48)34-46(8,50-36-39-23-26-42(49-9)27-24-39)29-16-31-51-54(45(5,6)7,43-18-12-10-13-19-43)44-20-14-11-15-21-44/h10-15,18-21,23-24,26-28,30,38,40-41,48H,1,16-17,22,25,29,31-36H2,2-9H3/b30-28+/t40-,41+,46-/m1/s1. The smallest absolute Gasteiger partial charge is 0.261 e. The second kappa shape index (κ2) is 20.8. The third kappa shape index (κ3) is 12.6. The van der Waals surface area contributed by atoms with E-state index in [1.807, 2.05) is 35.7 Å². The van der Waals surface area contributed by atoms with Gasteiger partial charge in [0, 0.05) is 19.4 Å². The SMILES string of the molecule is C=C(C)CC[C@H](/C=C/C1(C[C@@H](O)C[C@@](C)(CCCO[Si](c2ccccc2)(c2ccccc2)C(C)(C)C)OCc2ccc(OC)cc2)SCCCS1)C(C)C. The van der Waals surface area contributed by atoms with E-state index in [9.17, 15) is 5.11 Å². The fraction of sp³-hybridized carbons (Fsp3) is 0.532. The summed E-state index contributed by atoms with van der Waals surface area (Å²) in [6.45, 7) is 21.2.